The van der Waals surface area contributed by atoms with Gasteiger partial charge in [0.05, 0.1) is 6.10 Å². The number of nitrogens with zero attached hydrogens (tertiary/aromatic N) is 2. The molecule has 2 atom stereocenters. The van der Waals surface area contributed by atoms with E-state index in [2.05, 4.69) is 30.8 Å². The first-order valence-corrected chi connectivity index (χ1v) is 7.64. The quantitative estimate of drug-likeness (QED) is 0.723. The van der Waals surface area contributed by atoms with Gasteiger partial charge in [0.1, 0.15) is 0 Å². The first-order chi connectivity index (χ1) is 8.59. The minimum absolute atomic E-state index is 0.00347. The van der Waals surface area contributed by atoms with E-state index in [-0.39, 0.29) is 6.10 Å². The maximum atomic E-state index is 9.18. The van der Waals surface area contributed by atoms with Crippen LogP contribution in [0.4, 0.5) is 0 Å². The molecule has 0 radical (unpaired) electrons. The molecule has 110 valence electrons. The summed E-state index contributed by atoms with van der Waals surface area (Å²) >= 11 is 0. The van der Waals surface area contributed by atoms with Gasteiger partial charge in [0, 0.05) is 26.2 Å². The van der Waals surface area contributed by atoms with Crippen LogP contribution in [-0.4, -0.2) is 61.3 Å². The average Bonchev–Trinajstić information content (AvgIpc) is 2.40. The summed E-state index contributed by atoms with van der Waals surface area (Å²) in [4.78, 5) is 4.72. The molecule has 18 heavy (non-hydrogen) atoms. The Kier molecular flexibility index (Phi) is 10.7. The molecule has 2 rings (SSSR count). The van der Waals surface area contributed by atoms with Gasteiger partial charge in [0.15, 0.2) is 0 Å². The van der Waals surface area contributed by atoms with Crippen LogP contribution in [0, 0.1) is 5.92 Å². The number of rotatable bonds is 0. The van der Waals surface area contributed by atoms with Crippen LogP contribution in [0.3, 0.4) is 0 Å². The van der Waals surface area contributed by atoms with Crippen molar-refractivity contribution in [1.29, 1.82) is 0 Å². The molecule has 3 nitrogen and oxygen atoms in total. The van der Waals surface area contributed by atoms with E-state index in [0.29, 0.717) is 5.92 Å². The van der Waals surface area contributed by atoms with E-state index < -0.39 is 0 Å². The second-order valence-corrected chi connectivity index (χ2v) is 5.44. The largest absolute Gasteiger partial charge is 0.393 e. The Bertz CT molecular complexity index is 159. The molecular weight excluding hydrogens is 224 g/mol. The van der Waals surface area contributed by atoms with Crippen LogP contribution in [0.15, 0.2) is 0 Å². The van der Waals surface area contributed by atoms with Crippen LogP contribution in [0.25, 0.3) is 0 Å². The first-order valence-electron chi connectivity index (χ1n) is 7.64. The lowest BCUT2D eigenvalue weighted by Crippen LogP contribution is -2.42. The van der Waals surface area contributed by atoms with Gasteiger partial charge in [-0.3, -0.25) is 0 Å². The molecule has 1 saturated heterocycles. The van der Waals surface area contributed by atoms with Crippen molar-refractivity contribution in [2.24, 2.45) is 5.92 Å². The van der Waals surface area contributed by atoms with E-state index >= 15 is 0 Å². The molecule has 0 aromatic rings. The summed E-state index contributed by atoms with van der Waals surface area (Å²) in [6.07, 6.45) is 4.80. The summed E-state index contributed by atoms with van der Waals surface area (Å²) in [6.45, 7) is 11.1. The Morgan fingerprint density at radius 3 is 1.50 bits per heavy atom. The molecule has 1 aliphatic heterocycles. The summed E-state index contributed by atoms with van der Waals surface area (Å²) < 4.78 is 0. The van der Waals surface area contributed by atoms with Crippen molar-refractivity contribution >= 4 is 0 Å². The molecule has 1 saturated carbocycles. The monoisotopic (exact) mass is 258 g/mol. The summed E-state index contributed by atoms with van der Waals surface area (Å²) in [7, 11) is 4.35. The highest BCUT2D eigenvalue weighted by molar-refractivity contribution is 4.69. The molecule has 0 aromatic heterocycles. The zero-order valence-corrected chi connectivity index (χ0v) is 13.2. The third-order valence-corrected chi connectivity index (χ3v) is 3.79. The highest BCUT2D eigenvalue weighted by atomic mass is 16.3. The molecule has 0 amide bonds. The van der Waals surface area contributed by atoms with Gasteiger partial charge in [0.25, 0.3) is 0 Å². The van der Waals surface area contributed by atoms with Gasteiger partial charge in [0.2, 0.25) is 0 Å². The van der Waals surface area contributed by atoms with E-state index in [4.69, 9.17) is 0 Å². The highest BCUT2D eigenvalue weighted by Gasteiger charge is 2.17. The fraction of sp³-hybridized carbons (Fsp3) is 1.00. The van der Waals surface area contributed by atoms with Crippen molar-refractivity contribution in [2.45, 2.75) is 52.6 Å². The molecule has 3 heteroatoms. The third kappa shape index (κ3) is 8.06. The predicted molar refractivity (Wildman–Crippen MR) is 80.0 cm³/mol. The molecule has 2 unspecified atom stereocenters. The fourth-order valence-electron chi connectivity index (χ4n) is 2.20. The van der Waals surface area contributed by atoms with Crippen molar-refractivity contribution in [1.82, 2.24) is 9.80 Å². The van der Waals surface area contributed by atoms with Crippen LogP contribution >= 0.6 is 0 Å². The Labute approximate surface area is 114 Å². The van der Waals surface area contributed by atoms with E-state index in [1.807, 2.05) is 13.8 Å². The maximum Gasteiger partial charge on any atom is 0.0565 e. The topological polar surface area (TPSA) is 26.7 Å². The van der Waals surface area contributed by atoms with E-state index in [1.165, 1.54) is 45.4 Å². The van der Waals surface area contributed by atoms with E-state index in [1.54, 1.807) is 0 Å². The first kappa shape index (κ1) is 17.9. The maximum absolute atomic E-state index is 9.18. The molecule has 1 N–H and O–H groups in total. The second kappa shape index (κ2) is 10.8. The van der Waals surface area contributed by atoms with Crippen molar-refractivity contribution in [3.63, 3.8) is 0 Å². The molecule has 2 fully saturated rings. The van der Waals surface area contributed by atoms with Crippen LogP contribution in [0.1, 0.15) is 46.5 Å². The summed E-state index contributed by atoms with van der Waals surface area (Å²) in [5.41, 5.74) is 0. The zero-order chi connectivity index (χ0) is 14.0. The Morgan fingerprint density at radius 1 is 0.833 bits per heavy atom. The molecule has 1 aliphatic carbocycles. The molecular formula is C15H34N2O. The lowest BCUT2D eigenvalue weighted by Gasteiger charge is -2.28. The summed E-state index contributed by atoms with van der Waals surface area (Å²) in [5, 5.41) is 9.18. The molecule has 0 aromatic carbocycles. The van der Waals surface area contributed by atoms with Crippen LogP contribution < -0.4 is 0 Å². The molecule has 0 spiro atoms. The van der Waals surface area contributed by atoms with Crippen molar-refractivity contribution < 1.29 is 5.11 Å². The van der Waals surface area contributed by atoms with Crippen molar-refractivity contribution in [3.05, 3.63) is 0 Å². The van der Waals surface area contributed by atoms with Gasteiger partial charge < -0.3 is 14.9 Å². The Morgan fingerprint density at radius 2 is 1.22 bits per heavy atom. The van der Waals surface area contributed by atoms with Crippen molar-refractivity contribution in [2.75, 3.05) is 40.3 Å². The minimum atomic E-state index is 0.00347. The van der Waals surface area contributed by atoms with Gasteiger partial charge in [-0.25, -0.2) is 0 Å². The number of aliphatic hydroxyl groups excluding tert-OH is 1. The number of aliphatic hydroxyl groups is 1. The number of piperazine rings is 1. The normalized spacial score (nSPS) is 29.7. The second-order valence-electron chi connectivity index (χ2n) is 5.44. The van der Waals surface area contributed by atoms with Gasteiger partial charge in [-0.05, 0) is 32.9 Å². The predicted octanol–water partition coefficient (Wildman–Crippen LogP) is 2.45. The Balaban J connectivity index is 0.000000283. The minimum Gasteiger partial charge on any atom is -0.393 e. The van der Waals surface area contributed by atoms with Gasteiger partial charge in [-0.15, -0.1) is 0 Å². The Hall–Kier alpha value is -0.120. The third-order valence-electron chi connectivity index (χ3n) is 3.79. The van der Waals surface area contributed by atoms with Gasteiger partial charge in [-0.1, -0.05) is 33.6 Å². The van der Waals surface area contributed by atoms with E-state index in [9.17, 15) is 5.11 Å². The van der Waals surface area contributed by atoms with Gasteiger partial charge >= 0.3 is 0 Å². The lowest BCUT2D eigenvalue weighted by molar-refractivity contribution is 0.0793. The molecule has 2 aliphatic rings. The van der Waals surface area contributed by atoms with E-state index in [0.717, 1.165) is 6.42 Å². The molecule has 0 bridgehead atoms. The van der Waals surface area contributed by atoms with Gasteiger partial charge in [-0.2, -0.15) is 0 Å². The van der Waals surface area contributed by atoms with Crippen LogP contribution in [0.5, 0.6) is 0 Å². The highest BCUT2D eigenvalue weighted by Crippen LogP contribution is 2.22. The number of hydrogen-bond acceptors (Lipinski definition) is 3. The molecule has 1 heterocycles. The smallest absolute Gasteiger partial charge is 0.0565 e. The zero-order valence-electron chi connectivity index (χ0n) is 13.2. The lowest BCUT2D eigenvalue weighted by atomic mass is 9.88. The fourth-order valence-corrected chi connectivity index (χ4v) is 2.20. The average molecular weight is 258 g/mol. The summed E-state index contributed by atoms with van der Waals surface area (Å²) in [5.74, 6) is 0.559. The van der Waals surface area contributed by atoms with Crippen LogP contribution in [0.2, 0.25) is 0 Å². The van der Waals surface area contributed by atoms with Crippen molar-refractivity contribution in [3.8, 4) is 0 Å². The summed E-state index contributed by atoms with van der Waals surface area (Å²) in [6, 6.07) is 0. The SMILES string of the molecule is CC.CC1CCCCC1O.CN1CCN(C)CC1. The number of hydrogen-bond donors (Lipinski definition) is 1. The van der Waals surface area contributed by atoms with Crippen LogP contribution in [-0.2, 0) is 0 Å². The number of likely N-dealkylation sites (N-methyl/N-ethyl adjacent to an activating group) is 2. The standard InChI is InChI=1S/C7H14O.C6H14N2.C2H6/c1-6-4-2-3-5-7(6)8;1-7-3-5-8(2)6-4-7;1-2/h6-8H,2-5H2,1H3;3-6H2,1-2H3;1-2H3.